The number of alkyl halides is 3. The fourth-order valence-corrected chi connectivity index (χ4v) is 3.99. The number of hydrogen-bond donors (Lipinski definition) is 1. The highest BCUT2D eigenvalue weighted by atomic mass is 32.2. The number of amides is 1. The summed E-state index contributed by atoms with van der Waals surface area (Å²) in [5.74, 6) is 0.163. The Morgan fingerprint density at radius 1 is 1.22 bits per heavy atom. The second-order valence-electron chi connectivity index (χ2n) is 6.31. The van der Waals surface area contributed by atoms with Gasteiger partial charge >= 0.3 is 6.18 Å². The average molecular weight is 399 g/mol. The first-order valence-electron chi connectivity index (χ1n) is 8.61. The van der Waals surface area contributed by atoms with Crippen LogP contribution in [0.25, 0.3) is 0 Å². The number of halogens is 3. The molecule has 1 aliphatic heterocycles. The lowest BCUT2D eigenvalue weighted by molar-refractivity contribution is -0.138. The molecule has 0 spiro atoms. The number of hydrogen-bond acceptors (Lipinski definition) is 4. The highest BCUT2D eigenvalue weighted by molar-refractivity contribution is 7.99. The predicted octanol–water partition coefficient (Wildman–Crippen LogP) is 3.16. The SMILES string of the molecule is O=C(CSc1ncc(CO)n1Cc1ccccc1C(F)(F)F)N1CCCC1. The first-order valence-corrected chi connectivity index (χ1v) is 9.59. The molecule has 0 bridgehead atoms. The number of rotatable bonds is 6. The molecule has 2 heterocycles. The van der Waals surface area contributed by atoms with Gasteiger partial charge in [0.05, 0.1) is 36.4 Å². The summed E-state index contributed by atoms with van der Waals surface area (Å²) in [5.41, 5.74) is -0.222. The molecule has 1 N–H and O–H groups in total. The van der Waals surface area contributed by atoms with Crippen molar-refractivity contribution in [3.05, 3.63) is 47.3 Å². The van der Waals surface area contributed by atoms with Crippen molar-refractivity contribution in [2.24, 2.45) is 0 Å². The molecule has 0 atom stereocenters. The molecule has 2 aromatic rings. The zero-order chi connectivity index (χ0) is 19.4. The third kappa shape index (κ3) is 4.65. The highest BCUT2D eigenvalue weighted by Crippen LogP contribution is 2.33. The molecule has 1 saturated heterocycles. The molecule has 3 rings (SSSR count). The summed E-state index contributed by atoms with van der Waals surface area (Å²) in [5, 5.41) is 9.94. The number of thioether (sulfide) groups is 1. The van der Waals surface area contributed by atoms with Crippen molar-refractivity contribution >= 4 is 17.7 Å². The third-order valence-corrected chi connectivity index (χ3v) is 5.47. The van der Waals surface area contributed by atoms with Gasteiger partial charge in [0.1, 0.15) is 0 Å². The summed E-state index contributed by atoms with van der Waals surface area (Å²) in [6.07, 6.45) is -1.05. The van der Waals surface area contributed by atoms with Crippen LogP contribution < -0.4 is 0 Å². The molecule has 1 aromatic carbocycles. The number of benzene rings is 1. The predicted molar refractivity (Wildman–Crippen MR) is 95.2 cm³/mol. The molecule has 1 aromatic heterocycles. The molecular formula is C18H20F3N3O2S. The van der Waals surface area contributed by atoms with Crippen LogP contribution in [0.2, 0.25) is 0 Å². The van der Waals surface area contributed by atoms with Crippen molar-refractivity contribution in [3.8, 4) is 0 Å². The van der Waals surface area contributed by atoms with Crippen LogP contribution in [0.5, 0.6) is 0 Å². The van der Waals surface area contributed by atoms with Crippen LogP contribution in [0.1, 0.15) is 29.7 Å². The number of carbonyl (C=O) groups is 1. The zero-order valence-electron chi connectivity index (χ0n) is 14.6. The summed E-state index contributed by atoms with van der Waals surface area (Å²) in [6, 6.07) is 5.34. The Morgan fingerprint density at radius 2 is 1.93 bits per heavy atom. The molecule has 146 valence electrons. The summed E-state index contributed by atoms with van der Waals surface area (Å²) in [4.78, 5) is 18.2. The molecule has 5 nitrogen and oxygen atoms in total. The first kappa shape index (κ1) is 19.8. The summed E-state index contributed by atoms with van der Waals surface area (Å²) in [6.45, 7) is 1.07. The first-order chi connectivity index (χ1) is 12.9. The lowest BCUT2D eigenvalue weighted by Gasteiger charge is -2.17. The van der Waals surface area contributed by atoms with E-state index in [-0.39, 0.29) is 30.4 Å². The third-order valence-electron chi connectivity index (χ3n) is 4.50. The molecule has 1 fully saturated rings. The fraction of sp³-hybridized carbons (Fsp3) is 0.444. The van der Waals surface area contributed by atoms with Gasteiger partial charge in [-0.2, -0.15) is 13.2 Å². The van der Waals surface area contributed by atoms with Crippen molar-refractivity contribution in [1.29, 1.82) is 0 Å². The van der Waals surface area contributed by atoms with E-state index < -0.39 is 11.7 Å². The second-order valence-corrected chi connectivity index (χ2v) is 7.25. The Hall–Kier alpha value is -2.00. The number of carbonyl (C=O) groups excluding carboxylic acids is 1. The van der Waals surface area contributed by atoms with Gasteiger partial charge in [0, 0.05) is 13.1 Å². The Labute approximate surface area is 159 Å². The van der Waals surface area contributed by atoms with E-state index in [0.29, 0.717) is 10.9 Å². The van der Waals surface area contributed by atoms with Gasteiger partial charge in [-0.05, 0) is 24.5 Å². The second kappa shape index (κ2) is 8.35. The molecule has 27 heavy (non-hydrogen) atoms. The van der Waals surface area contributed by atoms with E-state index in [2.05, 4.69) is 4.98 Å². The molecule has 0 unspecified atom stereocenters. The molecule has 0 saturated carbocycles. The van der Waals surface area contributed by atoms with E-state index in [9.17, 15) is 23.1 Å². The molecule has 0 radical (unpaired) electrons. The van der Waals surface area contributed by atoms with Gasteiger partial charge in [-0.15, -0.1) is 0 Å². The Balaban J connectivity index is 1.79. The average Bonchev–Trinajstić information content (AvgIpc) is 3.29. The van der Waals surface area contributed by atoms with Gasteiger partial charge in [-0.25, -0.2) is 4.98 Å². The smallest absolute Gasteiger partial charge is 0.390 e. The van der Waals surface area contributed by atoms with Crippen LogP contribution in [-0.2, 0) is 24.1 Å². The fourth-order valence-electron chi connectivity index (χ4n) is 3.09. The summed E-state index contributed by atoms with van der Waals surface area (Å²) in [7, 11) is 0. The van der Waals surface area contributed by atoms with Crippen LogP contribution in [0, 0.1) is 0 Å². The Bertz CT molecular complexity index is 801. The van der Waals surface area contributed by atoms with Crippen molar-refractivity contribution in [2.45, 2.75) is 37.3 Å². The van der Waals surface area contributed by atoms with Crippen molar-refractivity contribution in [3.63, 3.8) is 0 Å². The molecular weight excluding hydrogens is 379 g/mol. The number of aliphatic hydroxyl groups is 1. The number of nitrogens with zero attached hydrogens (tertiary/aromatic N) is 3. The number of aliphatic hydroxyl groups excluding tert-OH is 1. The minimum Gasteiger partial charge on any atom is -0.390 e. The molecule has 0 aliphatic carbocycles. The van der Waals surface area contributed by atoms with Crippen LogP contribution in [0.4, 0.5) is 13.2 Å². The number of aromatic nitrogens is 2. The Kier molecular flexibility index (Phi) is 6.11. The summed E-state index contributed by atoms with van der Waals surface area (Å²) < 4.78 is 41.3. The van der Waals surface area contributed by atoms with Crippen LogP contribution in [0.15, 0.2) is 35.6 Å². The van der Waals surface area contributed by atoms with Crippen molar-refractivity contribution in [1.82, 2.24) is 14.5 Å². The summed E-state index contributed by atoms with van der Waals surface area (Å²) >= 11 is 1.18. The minimum absolute atomic E-state index is 0.00621. The molecule has 9 heteroatoms. The van der Waals surface area contributed by atoms with E-state index in [0.717, 1.165) is 32.0 Å². The monoisotopic (exact) mass is 399 g/mol. The minimum atomic E-state index is -4.46. The van der Waals surface area contributed by atoms with E-state index in [1.165, 1.54) is 34.7 Å². The van der Waals surface area contributed by atoms with Crippen molar-refractivity contribution < 1.29 is 23.1 Å². The van der Waals surface area contributed by atoms with E-state index >= 15 is 0 Å². The van der Waals surface area contributed by atoms with Gasteiger partial charge in [-0.1, -0.05) is 30.0 Å². The van der Waals surface area contributed by atoms with Gasteiger partial charge in [0.15, 0.2) is 5.16 Å². The number of imidazole rings is 1. The largest absolute Gasteiger partial charge is 0.416 e. The van der Waals surface area contributed by atoms with E-state index in [1.807, 2.05) is 0 Å². The zero-order valence-corrected chi connectivity index (χ0v) is 15.4. The number of likely N-dealkylation sites (tertiary alicyclic amines) is 1. The quantitative estimate of drug-likeness (QED) is 0.759. The Morgan fingerprint density at radius 3 is 2.59 bits per heavy atom. The van der Waals surface area contributed by atoms with Crippen molar-refractivity contribution in [2.75, 3.05) is 18.8 Å². The van der Waals surface area contributed by atoms with Crippen LogP contribution in [-0.4, -0.2) is 44.3 Å². The van der Waals surface area contributed by atoms with Crippen LogP contribution >= 0.6 is 11.8 Å². The maximum Gasteiger partial charge on any atom is 0.416 e. The van der Waals surface area contributed by atoms with Crippen LogP contribution in [0.3, 0.4) is 0 Å². The maximum absolute atomic E-state index is 13.3. The molecule has 1 aliphatic rings. The topological polar surface area (TPSA) is 58.4 Å². The van der Waals surface area contributed by atoms with Gasteiger partial charge in [0.25, 0.3) is 0 Å². The van der Waals surface area contributed by atoms with Gasteiger partial charge in [-0.3, -0.25) is 4.79 Å². The normalized spacial score (nSPS) is 14.7. The van der Waals surface area contributed by atoms with E-state index in [1.54, 1.807) is 11.0 Å². The van der Waals surface area contributed by atoms with Gasteiger partial charge < -0.3 is 14.6 Å². The standard InChI is InChI=1S/C18H20F3N3O2S/c19-18(20,21)15-6-2-1-5-13(15)10-24-14(11-25)9-22-17(24)27-12-16(26)23-7-3-4-8-23/h1-2,5-6,9,25H,3-4,7-8,10-12H2. The van der Waals surface area contributed by atoms with Gasteiger partial charge in [0.2, 0.25) is 5.91 Å². The maximum atomic E-state index is 13.3. The molecule has 1 amide bonds. The lowest BCUT2D eigenvalue weighted by atomic mass is 10.1. The van der Waals surface area contributed by atoms with E-state index in [4.69, 9.17) is 0 Å². The highest BCUT2D eigenvalue weighted by Gasteiger charge is 2.33. The lowest BCUT2D eigenvalue weighted by Crippen LogP contribution is -2.29.